The number of nitrogens with zero attached hydrogens (tertiary/aromatic N) is 1. The smallest absolute Gasteiger partial charge is 0.271 e. The Morgan fingerprint density at radius 2 is 1.96 bits per heavy atom. The maximum Gasteiger partial charge on any atom is 0.271 e. The third kappa shape index (κ3) is 5.34. The van der Waals surface area contributed by atoms with Crippen LogP contribution in [0.25, 0.3) is 6.08 Å². The van der Waals surface area contributed by atoms with Crippen LogP contribution in [-0.4, -0.2) is 24.5 Å². The van der Waals surface area contributed by atoms with Crippen LogP contribution in [0, 0.1) is 10.1 Å². The zero-order chi connectivity index (χ0) is 18.9. The van der Waals surface area contributed by atoms with Gasteiger partial charge in [0.1, 0.15) is 11.5 Å². The van der Waals surface area contributed by atoms with Crippen molar-refractivity contribution >= 4 is 23.4 Å². The van der Waals surface area contributed by atoms with Gasteiger partial charge in [-0.2, -0.15) is 0 Å². The number of amides is 1. The molecule has 1 amide bonds. The van der Waals surface area contributed by atoms with Gasteiger partial charge in [0.15, 0.2) is 0 Å². The summed E-state index contributed by atoms with van der Waals surface area (Å²) in [7, 11) is 1.43. The van der Waals surface area contributed by atoms with Gasteiger partial charge < -0.3 is 14.8 Å². The molecule has 0 heterocycles. The maximum atomic E-state index is 12.1. The first kappa shape index (κ1) is 19.0. The van der Waals surface area contributed by atoms with Crippen LogP contribution in [0.3, 0.4) is 0 Å². The standard InChI is InChI=1S/C19H20N2O5/c1-3-12-26-16-8-4-14(5-9-16)6-11-19(22)20-17-13-15(21(23)24)7-10-18(17)25-2/h4-11,13H,3,12H2,1-2H3,(H,20,22). The van der Waals surface area contributed by atoms with Crippen LogP contribution in [-0.2, 0) is 4.79 Å². The Labute approximate surface area is 151 Å². The van der Waals surface area contributed by atoms with Crippen molar-refractivity contribution in [2.45, 2.75) is 13.3 Å². The fourth-order valence-corrected chi connectivity index (χ4v) is 2.15. The van der Waals surface area contributed by atoms with E-state index < -0.39 is 10.8 Å². The zero-order valence-electron chi connectivity index (χ0n) is 14.6. The highest BCUT2D eigenvalue weighted by Gasteiger charge is 2.12. The van der Waals surface area contributed by atoms with E-state index >= 15 is 0 Å². The number of rotatable bonds is 8. The molecule has 0 spiro atoms. The van der Waals surface area contributed by atoms with E-state index in [0.29, 0.717) is 12.4 Å². The molecule has 0 bridgehead atoms. The van der Waals surface area contributed by atoms with Gasteiger partial charge >= 0.3 is 0 Å². The first-order chi connectivity index (χ1) is 12.5. The lowest BCUT2D eigenvalue weighted by atomic mass is 10.2. The van der Waals surface area contributed by atoms with Crippen LogP contribution < -0.4 is 14.8 Å². The van der Waals surface area contributed by atoms with Gasteiger partial charge in [-0.1, -0.05) is 19.1 Å². The van der Waals surface area contributed by atoms with E-state index in [-0.39, 0.29) is 11.4 Å². The van der Waals surface area contributed by atoms with Crippen molar-refractivity contribution in [2.24, 2.45) is 0 Å². The van der Waals surface area contributed by atoms with Crippen molar-refractivity contribution in [1.29, 1.82) is 0 Å². The second-order valence-corrected chi connectivity index (χ2v) is 5.38. The number of carbonyl (C=O) groups is 1. The highest BCUT2D eigenvalue weighted by molar-refractivity contribution is 6.03. The van der Waals surface area contributed by atoms with Crippen LogP contribution in [0.2, 0.25) is 0 Å². The summed E-state index contributed by atoms with van der Waals surface area (Å²) in [5.74, 6) is 0.694. The molecule has 1 N–H and O–H groups in total. The lowest BCUT2D eigenvalue weighted by Gasteiger charge is -2.08. The Morgan fingerprint density at radius 1 is 1.23 bits per heavy atom. The minimum Gasteiger partial charge on any atom is -0.495 e. The lowest BCUT2D eigenvalue weighted by molar-refractivity contribution is -0.384. The van der Waals surface area contributed by atoms with Gasteiger partial charge in [0.2, 0.25) is 5.91 Å². The molecule has 0 unspecified atom stereocenters. The van der Waals surface area contributed by atoms with Crippen molar-refractivity contribution in [3.05, 3.63) is 64.2 Å². The summed E-state index contributed by atoms with van der Waals surface area (Å²) < 4.78 is 10.6. The molecule has 0 aliphatic carbocycles. The normalized spacial score (nSPS) is 10.5. The van der Waals surface area contributed by atoms with Crippen molar-refractivity contribution < 1.29 is 19.2 Å². The molecule has 7 heteroatoms. The van der Waals surface area contributed by atoms with Crippen molar-refractivity contribution in [3.63, 3.8) is 0 Å². The monoisotopic (exact) mass is 356 g/mol. The second-order valence-electron chi connectivity index (χ2n) is 5.38. The van der Waals surface area contributed by atoms with Crippen molar-refractivity contribution in [2.75, 3.05) is 19.0 Å². The third-order valence-corrected chi connectivity index (χ3v) is 3.43. The van der Waals surface area contributed by atoms with E-state index in [1.54, 1.807) is 6.08 Å². The number of benzene rings is 2. The predicted molar refractivity (Wildman–Crippen MR) is 99.5 cm³/mol. The average Bonchev–Trinajstić information content (AvgIpc) is 2.65. The molecule has 0 fully saturated rings. The average molecular weight is 356 g/mol. The van der Waals surface area contributed by atoms with E-state index in [2.05, 4.69) is 5.32 Å². The Hall–Kier alpha value is -3.35. The fraction of sp³-hybridized carbons (Fsp3) is 0.211. The lowest BCUT2D eigenvalue weighted by Crippen LogP contribution is -2.09. The SMILES string of the molecule is CCCOc1ccc(C=CC(=O)Nc2cc([N+](=O)[O-])ccc2OC)cc1. The second kappa shape index (κ2) is 9.22. The molecule has 0 saturated heterocycles. The number of nitro benzene ring substituents is 1. The Kier molecular flexibility index (Phi) is 6.73. The molecular weight excluding hydrogens is 336 g/mol. The van der Waals surface area contributed by atoms with Gasteiger partial charge in [0, 0.05) is 18.2 Å². The number of methoxy groups -OCH3 is 1. The van der Waals surface area contributed by atoms with Crippen molar-refractivity contribution in [3.8, 4) is 11.5 Å². The van der Waals surface area contributed by atoms with E-state index in [1.165, 1.54) is 31.4 Å². The summed E-state index contributed by atoms with van der Waals surface area (Å²) >= 11 is 0. The zero-order valence-corrected chi connectivity index (χ0v) is 14.6. The maximum absolute atomic E-state index is 12.1. The van der Waals surface area contributed by atoms with Gasteiger partial charge in [0.05, 0.1) is 24.3 Å². The molecule has 0 aliphatic heterocycles. The van der Waals surface area contributed by atoms with E-state index in [1.807, 2.05) is 31.2 Å². The highest BCUT2D eigenvalue weighted by Crippen LogP contribution is 2.28. The fourth-order valence-electron chi connectivity index (χ4n) is 2.15. The minimum atomic E-state index is -0.535. The number of nitrogens with one attached hydrogen (secondary N) is 1. The number of anilines is 1. The first-order valence-electron chi connectivity index (χ1n) is 8.08. The Balaban J connectivity index is 2.05. The molecule has 0 saturated carbocycles. The number of hydrogen-bond donors (Lipinski definition) is 1. The summed E-state index contributed by atoms with van der Waals surface area (Å²) in [4.78, 5) is 22.4. The topological polar surface area (TPSA) is 90.7 Å². The summed E-state index contributed by atoms with van der Waals surface area (Å²) in [6.07, 6.45) is 3.92. The van der Waals surface area contributed by atoms with Gasteiger partial charge in [0.25, 0.3) is 5.69 Å². The molecule has 26 heavy (non-hydrogen) atoms. The molecule has 0 radical (unpaired) electrons. The van der Waals surface area contributed by atoms with Crippen LogP contribution >= 0.6 is 0 Å². The predicted octanol–water partition coefficient (Wildman–Crippen LogP) is 4.04. The quantitative estimate of drug-likeness (QED) is 0.438. The summed E-state index contributed by atoms with van der Waals surface area (Å²) in [6.45, 7) is 2.69. The van der Waals surface area contributed by atoms with Crippen molar-refractivity contribution in [1.82, 2.24) is 0 Å². The third-order valence-electron chi connectivity index (χ3n) is 3.43. The van der Waals surface area contributed by atoms with Gasteiger partial charge in [-0.25, -0.2) is 0 Å². The molecule has 0 aromatic heterocycles. The molecule has 2 aromatic rings. The number of hydrogen-bond acceptors (Lipinski definition) is 5. The summed E-state index contributed by atoms with van der Waals surface area (Å²) in [5.41, 5.74) is 0.933. The summed E-state index contributed by atoms with van der Waals surface area (Å²) in [5, 5.41) is 13.5. The molecule has 0 aliphatic rings. The van der Waals surface area contributed by atoms with E-state index in [0.717, 1.165) is 17.7 Å². The molecule has 2 aromatic carbocycles. The van der Waals surface area contributed by atoms with Gasteiger partial charge in [-0.15, -0.1) is 0 Å². The molecule has 0 atom stereocenters. The number of nitro groups is 1. The Bertz CT molecular complexity index is 800. The molecule has 2 rings (SSSR count). The number of ether oxygens (including phenoxy) is 2. The first-order valence-corrected chi connectivity index (χ1v) is 8.08. The van der Waals surface area contributed by atoms with Gasteiger partial charge in [-0.3, -0.25) is 14.9 Å². The largest absolute Gasteiger partial charge is 0.495 e. The number of non-ortho nitro benzene ring substituents is 1. The molecule has 136 valence electrons. The highest BCUT2D eigenvalue weighted by atomic mass is 16.6. The Morgan fingerprint density at radius 3 is 2.58 bits per heavy atom. The molecular formula is C19H20N2O5. The number of carbonyl (C=O) groups excluding carboxylic acids is 1. The van der Waals surface area contributed by atoms with Gasteiger partial charge in [-0.05, 0) is 36.3 Å². The van der Waals surface area contributed by atoms with E-state index in [4.69, 9.17) is 9.47 Å². The summed E-state index contributed by atoms with van der Waals surface area (Å²) in [6, 6.07) is 11.3. The van der Waals surface area contributed by atoms with Crippen LogP contribution in [0.4, 0.5) is 11.4 Å². The van der Waals surface area contributed by atoms with Crippen LogP contribution in [0.1, 0.15) is 18.9 Å². The molecule has 7 nitrogen and oxygen atoms in total. The van der Waals surface area contributed by atoms with Crippen LogP contribution in [0.15, 0.2) is 48.5 Å². The van der Waals surface area contributed by atoms with Crippen LogP contribution in [0.5, 0.6) is 11.5 Å². The minimum absolute atomic E-state index is 0.132. The van der Waals surface area contributed by atoms with E-state index in [9.17, 15) is 14.9 Å².